The van der Waals surface area contributed by atoms with E-state index in [9.17, 15) is 19.5 Å². The van der Waals surface area contributed by atoms with Crippen LogP contribution in [0.4, 0.5) is 0 Å². The van der Waals surface area contributed by atoms with E-state index >= 15 is 0 Å². The van der Waals surface area contributed by atoms with E-state index in [1.165, 1.54) is 16.7 Å². The largest absolute Gasteiger partial charge is 0.480 e. The molecule has 2 amide bonds. The molecule has 1 aliphatic rings. The minimum Gasteiger partial charge on any atom is -0.480 e. The summed E-state index contributed by atoms with van der Waals surface area (Å²) >= 11 is 1.51. The van der Waals surface area contributed by atoms with Crippen LogP contribution in [-0.4, -0.2) is 51.5 Å². The van der Waals surface area contributed by atoms with Gasteiger partial charge in [0.25, 0.3) is 0 Å². The van der Waals surface area contributed by atoms with Crippen molar-refractivity contribution >= 4 is 29.5 Å². The summed E-state index contributed by atoms with van der Waals surface area (Å²) in [4.78, 5) is 36.7. The van der Waals surface area contributed by atoms with E-state index in [0.717, 1.165) is 0 Å². The molecule has 0 aromatic carbocycles. The van der Waals surface area contributed by atoms with Crippen molar-refractivity contribution in [3.05, 3.63) is 0 Å². The summed E-state index contributed by atoms with van der Waals surface area (Å²) in [6, 6.07) is -1.46. The van der Waals surface area contributed by atoms with Gasteiger partial charge in [0.15, 0.2) is 0 Å². The van der Waals surface area contributed by atoms with Gasteiger partial charge in [-0.2, -0.15) is 0 Å². The van der Waals surface area contributed by atoms with Crippen LogP contribution in [0.25, 0.3) is 0 Å². The molecule has 0 aromatic heterocycles. The van der Waals surface area contributed by atoms with Crippen LogP contribution >= 0.6 is 11.8 Å². The first kappa shape index (κ1) is 16.8. The smallest absolute Gasteiger partial charge is 0.326 e. The zero-order chi connectivity index (χ0) is 15.3. The summed E-state index contributed by atoms with van der Waals surface area (Å²) < 4.78 is 0. The van der Waals surface area contributed by atoms with Gasteiger partial charge < -0.3 is 15.3 Å². The quantitative estimate of drug-likeness (QED) is 0.761. The highest BCUT2D eigenvalue weighted by Gasteiger charge is 2.36. The Bertz CT molecular complexity index is 389. The van der Waals surface area contributed by atoms with Gasteiger partial charge in [0, 0.05) is 12.2 Å². The second-order valence-electron chi connectivity index (χ2n) is 4.94. The molecule has 0 radical (unpaired) electrons. The molecule has 0 bridgehead atoms. The number of hydrogen-bond acceptors (Lipinski definition) is 4. The topological polar surface area (TPSA) is 86.7 Å². The normalized spacial score (nSPS) is 21.4. The van der Waals surface area contributed by atoms with Crippen LogP contribution in [0.15, 0.2) is 0 Å². The Kier molecular flexibility index (Phi) is 6.32. The summed E-state index contributed by atoms with van der Waals surface area (Å²) in [7, 11) is 0. The molecule has 1 aliphatic heterocycles. The van der Waals surface area contributed by atoms with E-state index < -0.39 is 18.1 Å². The second kappa shape index (κ2) is 7.52. The van der Waals surface area contributed by atoms with Gasteiger partial charge in [-0.05, 0) is 5.92 Å². The lowest BCUT2D eigenvalue weighted by Gasteiger charge is -2.26. The van der Waals surface area contributed by atoms with Crippen molar-refractivity contribution in [3.8, 4) is 0 Å². The standard InChI is InChI=1S/C13H22N2O4S/c1-4-8(3)11(13(18)19)14-12(17)9-6-20-7-15(9)10(16)5-2/h8-9,11H,4-7H2,1-3H3,(H,14,17)(H,18,19). The van der Waals surface area contributed by atoms with Crippen molar-refractivity contribution in [2.24, 2.45) is 5.92 Å². The molecule has 1 saturated heterocycles. The zero-order valence-electron chi connectivity index (χ0n) is 12.1. The molecule has 1 heterocycles. The number of carboxylic acids is 1. The Balaban J connectivity index is 2.73. The number of amides is 2. The number of thioether (sulfide) groups is 1. The third-order valence-electron chi connectivity index (χ3n) is 3.58. The van der Waals surface area contributed by atoms with Crippen molar-refractivity contribution in [2.45, 2.75) is 45.7 Å². The number of nitrogens with one attached hydrogen (secondary N) is 1. The summed E-state index contributed by atoms with van der Waals surface area (Å²) in [5.74, 6) is -0.626. The molecule has 1 fully saturated rings. The van der Waals surface area contributed by atoms with Crippen LogP contribution in [0.1, 0.15) is 33.6 Å². The lowest BCUT2D eigenvalue weighted by atomic mass is 9.99. The predicted molar refractivity (Wildman–Crippen MR) is 77.3 cm³/mol. The minimum atomic E-state index is -1.04. The number of aliphatic carboxylic acids is 1. The molecule has 3 atom stereocenters. The van der Waals surface area contributed by atoms with Crippen LogP contribution in [0.5, 0.6) is 0 Å². The minimum absolute atomic E-state index is 0.0782. The van der Waals surface area contributed by atoms with Gasteiger partial charge in [-0.15, -0.1) is 11.8 Å². The molecule has 20 heavy (non-hydrogen) atoms. The van der Waals surface area contributed by atoms with Gasteiger partial charge >= 0.3 is 5.97 Å². The van der Waals surface area contributed by atoms with E-state index in [1.54, 1.807) is 13.8 Å². The Morgan fingerprint density at radius 3 is 2.55 bits per heavy atom. The van der Waals surface area contributed by atoms with Crippen molar-refractivity contribution in [1.29, 1.82) is 0 Å². The molecule has 0 aliphatic carbocycles. The lowest BCUT2D eigenvalue weighted by molar-refractivity contribution is -0.145. The molecule has 114 valence electrons. The second-order valence-corrected chi connectivity index (χ2v) is 5.94. The molecular formula is C13H22N2O4S. The Morgan fingerprint density at radius 1 is 1.40 bits per heavy atom. The van der Waals surface area contributed by atoms with Crippen molar-refractivity contribution in [1.82, 2.24) is 10.2 Å². The Hall–Kier alpha value is -1.24. The molecule has 6 nitrogen and oxygen atoms in total. The molecular weight excluding hydrogens is 280 g/mol. The predicted octanol–water partition coefficient (Wildman–Crippen LogP) is 0.913. The number of carbonyl (C=O) groups excluding carboxylic acids is 2. The lowest BCUT2D eigenvalue weighted by Crippen LogP contribution is -2.53. The maximum atomic E-state index is 12.2. The Labute approximate surface area is 123 Å². The van der Waals surface area contributed by atoms with Crippen molar-refractivity contribution in [3.63, 3.8) is 0 Å². The number of rotatable bonds is 6. The summed E-state index contributed by atoms with van der Waals surface area (Å²) in [6.45, 7) is 5.42. The number of carbonyl (C=O) groups is 3. The molecule has 7 heteroatoms. The van der Waals surface area contributed by atoms with Crippen LogP contribution in [0.3, 0.4) is 0 Å². The van der Waals surface area contributed by atoms with Gasteiger partial charge in [0.1, 0.15) is 12.1 Å². The van der Waals surface area contributed by atoms with Crippen LogP contribution in [0, 0.1) is 5.92 Å². The van der Waals surface area contributed by atoms with Gasteiger partial charge in [0.05, 0.1) is 5.88 Å². The highest BCUT2D eigenvalue weighted by atomic mass is 32.2. The van der Waals surface area contributed by atoms with Crippen molar-refractivity contribution in [2.75, 3.05) is 11.6 Å². The summed E-state index contributed by atoms with van der Waals surface area (Å²) in [5, 5.41) is 11.8. The molecule has 0 aromatic rings. The zero-order valence-corrected chi connectivity index (χ0v) is 12.9. The van der Waals surface area contributed by atoms with E-state index in [1.807, 2.05) is 6.92 Å². The highest BCUT2D eigenvalue weighted by molar-refractivity contribution is 7.99. The maximum Gasteiger partial charge on any atom is 0.326 e. The van der Waals surface area contributed by atoms with Gasteiger partial charge in [0.2, 0.25) is 11.8 Å². The van der Waals surface area contributed by atoms with E-state index in [-0.39, 0.29) is 17.7 Å². The fourth-order valence-electron chi connectivity index (χ4n) is 2.04. The highest BCUT2D eigenvalue weighted by Crippen LogP contribution is 2.22. The first-order chi connectivity index (χ1) is 9.42. The molecule has 0 saturated carbocycles. The third kappa shape index (κ3) is 3.88. The third-order valence-corrected chi connectivity index (χ3v) is 4.60. The Morgan fingerprint density at radius 2 is 2.05 bits per heavy atom. The van der Waals surface area contributed by atoms with E-state index in [4.69, 9.17) is 0 Å². The van der Waals surface area contributed by atoms with E-state index in [0.29, 0.717) is 24.5 Å². The molecule has 0 spiro atoms. The maximum absolute atomic E-state index is 12.2. The van der Waals surface area contributed by atoms with Gasteiger partial charge in [-0.3, -0.25) is 9.59 Å². The number of carboxylic acid groups (broad SMARTS) is 1. The van der Waals surface area contributed by atoms with Crippen LogP contribution in [-0.2, 0) is 14.4 Å². The fourth-order valence-corrected chi connectivity index (χ4v) is 3.22. The fraction of sp³-hybridized carbons (Fsp3) is 0.769. The van der Waals surface area contributed by atoms with Crippen LogP contribution in [0.2, 0.25) is 0 Å². The number of nitrogens with zero attached hydrogens (tertiary/aromatic N) is 1. The van der Waals surface area contributed by atoms with E-state index in [2.05, 4.69) is 5.32 Å². The van der Waals surface area contributed by atoms with Crippen LogP contribution < -0.4 is 5.32 Å². The number of hydrogen-bond donors (Lipinski definition) is 2. The first-order valence-electron chi connectivity index (χ1n) is 6.82. The monoisotopic (exact) mass is 302 g/mol. The summed E-state index contributed by atoms with van der Waals surface area (Å²) in [6.07, 6.45) is 1.01. The molecule has 3 unspecified atom stereocenters. The van der Waals surface area contributed by atoms with Gasteiger partial charge in [-0.1, -0.05) is 27.2 Å². The SMILES string of the molecule is CCC(=O)N1CSCC1C(=O)NC(C(=O)O)C(C)CC. The molecule has 1 rings (SSSR count). The van der Waals surface area contributed by atoms with Crippen molar-refractivity contribution < 1.29 is 19.5 Å². The molecule has 2 N–H and O–H groups in total. The average Bonchev–Trinajstić information content (AvgIpc) is 2.91. The summed E-state index contributed by atoms with van der Waals surface area (Å²) in [5.41, 5.74) is 0. The first-order valence-corrected chi connectivity index (χ1v) is 7.98. The average molecular weight is 302 g/mol. The van der Waals surface area contributed by atoms with Gasteiger partial charge in [-0.25, -0.2) is 4.79 Å².